The minimum absolute atomic E-state index is 0.454. The fourth-order valence-corrected chi connectivity index (χ4v) is 2.76. The van der Waals surface area contributed by atoms with Gasteiger partial charge in [-0.05, 0) is 12.5 Å². The molecule has 0 saturated heterocycles. The highest BCUT2D eigenvalue weighted by Crippen LogP contribution is 2.27. The maximum Gasteiger partial charge on any atom is 0.212 e. The highest BCUT2D eigenvalue weighted by atomic mass is 32.1. The van der Waals surface area contributed by atoms with Crippen LogP contribution in [0.25, 0.3) is 15.5 Å². The second kappa shape index (κ2) is 3.94. The van der Waals surface area contributed by atoms with Gasteiger partial charge in [-0.25, -0.2) is 9.50 Å². The third-order valence-electron chi connectivity index (χ3n) is 2.68. The van der Waals surface area contributed by atoms with Gasteiger partial charge in [-0.3, -0.25) is 0 Å². The number of hydrogen-bond donors (Lipinski definition) is 1. The lowest BCUT2D eigenvalue weighted by Crippen LogP contribution is -1.95. The van der Waals surface area contributed by atoms with Crippen LogP contribution < -0.4 is 5.73 Å². The van der Waals surface area contributed by atoms with E-state index in [1.54, 1.807) is 15.9 Å². The normalized spacial score (nSPS) is 11.2. The zero-order chi connectivity index (χ0) is 11.8. The Labute approximate surface area is 103 Å². The molecule has 0 bridgehead atoms. The summed E-state index contributed by atoms with van der Waals surface area (Å²) in [4.78, 5) is 5.29. The third-order valence-corrected chi connectivity index (χ3v) is 3.63. The molecule has 2 N–H and O–H groups in total. The molecule has 4 nitrogen and oxygen atoms in total. The maximum absolute atomic E-state index is 5.55. The Morgan fingerprint density at radius 1 is 1.35 bits per heavy atom. The van der Waals surface area contributed by atoms with Gasteiger partial charge in [0.25, 0.3) is 0 Å². The summed E-state index contributed by atoms with van der Waals surface area (Å²) in [6, 6.07) is 8.23. The van der Waals surface area contributed by atoms with Crippen LogP contribution in [0, 0.1) is 6.92 Å². The molecule has 17 heavy (non-hydrogen) atoms. The average Bonchev–Trinajstić information content (AvgIpc) is 2.86. The summed E-state index contributed by atoms with van der Waals surface area (Å²) in [5.41, 5.74) is 8.81. The Balaban J connectivity index is 2.13. The Bertz CT molecular complexity index is 637. The van der Waals surface area contributed by atoms with E-state index in [9.17, 15) is 0 Å². The maximum atomic E-state index is 5.55. The molecule has 3 rings (SSSR count). The van der Waals surface area contributed by atoms with Crippen LogP contribution in [0.2, 0.25) is 0 Å². The number of rotatable bonds is 2. The first kappa shape index (κ1) is 10.4. The molecule has 5 heteroatoms. The van der Waals surface area contributed by atoms with E-state index < -0.39 is 0 Å². The summed E-state index contributed by atoms with van der Waals surface area (Å²) < 4.78 is 1.80. The minimum atomic E-state index is 0.454. The molecule has 3 aromatic rings. The first-order valence-corrected chi connectivity index (χ1v) is 6.21. The van der Waals surface area contributed by atoms with E-state index in [-0.39, 0.29) is 0 Å². The molecule has 86 valence electrons. The van der Waals surface area contributed by atoms with Crippen molar-refractivity contribution in [1.82, 2.24) is 14.6 Å². The van der Waals surface area contributed by atoms with Crippen molar-refractivity contribution in [3.63, 3.8) is 0 Å². The van der Waals surface area contributed by atoms with Crippen LogP contribution >= 0.6 is 11.3 Å². The van der Waals surface area contributed by atoms with Crippen LogP contribution in [0.4, 0.5) is 0 Å². The molecule has 0 aliphatic heterocycles. The molecular formula is C12H12N4S. The Hall–Kier alpha value is -1.72. The highest BCUT2D eigenvalue weighted by molar-refractivity contribution is 7.19. The monoisotopic (exact) mass is 244 g/mol. The number of nitrogens with zero attached hydrogens (tertiary/aromatic N) is 3. The minimum Gasteiger partial charge on any atom is -0.325 e. The summed E-state index contributed by atoms with van der Waals surface area (Å²) in [7, 11) is 0. The van der Waals surface area contributed by atoms with Crippen LogP contribution in [0.3, 0.4) is 0 Å². The molecule has 0 spiro atoms. The quantitative estimate of drug-likeness (QED) is 0.752. The predicted molar refractivity (Wildman–Crippen MR) is 68.9 cm³/mol. The molecular weight excluding hydrogens is 232 g/mol. The van der Waals surface area contributed by atoms with Crippen molar-refractivity contribution < 1.29 is 0 Å². The van der Waals surface area contributed by atoms with E-state index in [1.165, 1.54) is 5.56 Å². The number of hydrogen-bond acceptors (Lipinski definition) is 4. The van der Waals surface area contributed by atoms with E-state index in [4.69, 9.17) is 5.73 Å². The summed E-state index contributed by atoms with van der Waals surface area (Å²) in [5, 5.41) is 5.52. The number of imidazole rings is 1. The Kier molecular flexibility index (Phi) is 2.42. The molecule has 0 aliphatic rings. The van der Waals surface area contributed by atoms with Crippen molar-refractivity contribution in [3.05, 3.63) is 41.7 Å². The van der Waals surface area contributed by atoms with E-state index in [2.05, 4.69) is 29.1 Å². The lowest BCUT2D eigenvalue weighted by atomic mass is 10.1. The van der Waals surface area contributed by atoms with Gasteiger partial charge in [0, 0.05) is 12.1 Å². The number of aromatic nitrogens is 3. The standard InChI is InChI=1S/C12H12N4S/c1-8-4-2-3-5-10(8)11-15-16-7-9(6-13)14-12(16)17-11/h2-5,7H,6,13H2,1H3. The van der Waals surface area contributed by atoms with Gasteiger partial charge < -0.3 is 5.73 Å². The highest BCUT2D eigenvalue weighted by Gasteiger charge is 2.10. The smallest absolute Gasteiger partial charge is 0.212 e. The molecule has 1 aromatic carbocycles. The topological polar surface area (TPSA) is 56.2 Å². The second-order valence-corrected chi connectivity index (χ2v) is 4.84. The van der Waals surface area contributed by atoms with Crippen LogP contribution in [0.15, 0.2) is 30.5 Å². The van der Waals surface area contributed by atoms with E-state index in [0.29, 0.717) is 6.54 Å². The molecule has 0 aliphatic carbocycles. The van der Waals surface area contributed by atoms with Gasteiger partial charge in [0.1, 0.15) is 5.01 Å². The predicted octanol–water partition coefficient (Wildman–Crippen LogP) is 2.22. The van der Waals surface area contributed by atoms with Gasteiger partial charge in [-0.2, -0.15) is 5.10 Å². The first-order valence-electron chi connectivity index (χ1n) is 5.39. The molecule has 0 amide bonds. The van der Waals surface area contributed by atoms with Gasteiger partial charge in [0.05, 0.1) is 11.9 Å². The zero-order valence-electron chi connectivity index (χ0n) is 9.42. The molecule has 0 radical (unpaired) electrons. The van der Waals surface area contributed by atoms with Crippen molar-refractivity contribution in [2.24, 2.45) is 5.73 Å². The van der Waals surface area contributed by atoms with Crippen LogP contribution in [0.1, 0.15) is 11.3 Å². The first-order chi connectivity index (χ1) is 8.28. The molecule has 0 unspecified atom stereocenters. The summed E-state index contributed by atoms with van der Waals surface area (Å²) in [5.74, 6) is 0. The van der Waals surface area contributed by atoms with Gasteiger partial charge >= 0.3 is 0 Å². The van der Waals surface area contributed by atoms with E-state index >= 15 is 0 Å². The SMILES string of the molecule is Cc1ccccc1-c1nn2cc(CN)nc2s1. The third kappa shape index (κ3) is 1.73. The van der Waals surface area contributed by atoms with Crippen LogP contribution in [-0.2, 0) is 6.54 Å². The number of aryl methyl sites for hydroxylation is 1. The van der Waals surface area contributed by atoms with E-state index in [1.807, 2.05) is 18.3 Å². The van der Waals surface area contributed by atoms with Gasteiger partial charge in [0.15, 0.2) is 0 Å². The Morgan fingerprint density at radius 3 is 2.88 bits per heavy atom. The van der Waals surface area contributed by atoms with Crippen molar-refractivity contribution in [2.45, 2.75) is 13.5 Å². The molecule has 0 saturated carbocycles. The summed E-state index contributed by atoms with van der Waals surface area (Å²) >= 11 is 1.59. The lowest BCUT2D eigenvalue weighted by Gasteiger charge is -1.99. The molecule has 2 aromatic heterocycles. The van der Waals surface area contributed by atoms with Crippen molar-refractivity contribution in [2.75, 3.05) is 0 Å². The van der Waals surface area contributed by atoms with Gasteiger partial charge in [0.2, 0.25) is 4.96 Å². The Morgan fingerprint density at radius 2 is 2.18 bits per heavy atom. The van der Waals surface area contributed by atoms with Crippen molar-refractivity contribution >= 4 is 16.3 Å². The second-order valence-electron chi connectivity index (χ2n) is 3.89. The molecule has 2 heterocycles. The van der Waals surface area contributed by atoms with E-state index in [0.717, 1.165) is 21.2 Å². The number of nitrogens with two attached hydrogens (primary N) is 1. The summed E-state index contributed by atoms with van der Waals surface area (Å²) in [6.45, 7) is 2.54. The van der Waals surface area contributed by atoms with Crippen LogP contribution in [-0.4, -0.2) is 14.6 Å². The number of fused-ring (bicyclic) bond motifs is 1. The fraction of sp³-hybridized carbons (Fsp3) is 0.167. The van der Waals surface area contributed by atoms with Gasteiger partial charge in [-0.15, -0.1) is 0 Å². The van der Waals surface area contributed by atoms with Crippen molar-refractivity contribution in [3.8, 4) is 10.6 Å². The lowest BCUT2D eigenvalue weighted by molar-refractivity contribution is 0.959. The molecule has 0 fully saturated rings. The average molecular weight is 244 g/mol. The largest absolute Gasteiger partial charge is 0.325 e. The zero-order valence-corrected chi connectivity index (χ0v) is 10.2. The molecule has 0 atom stereocenters. The van der Waals surface area contributed by atoms with Crippen molar-refractivity contribution in [1.29, 1.82) is 0 Å². The summed E-state index contributed by atoms with van der Waals surface area (Å²) in [6.07, 6.45) is 1.88. The van der Waals surface area contributed by atoms with Crippen LogP contribution in [0.5, 0.6) is 0 Å². The fourth-order valence-electron chi connectivity index (χ4n) is 1.77. The number of benzene rings is 1. The van der Waals surface area contributed by atoms with Gasteiger partial charge in [-0.1, -0.05) is 35.6 Å².